The minimum Gasteiger partial charge on any atom is -0.462 e. The van der Waals surface area contributed by atoms with Crippen LogP contribution in [-0.4, -0.2) is 25.9 Å². The minimum absolute atomic E-state index is 0.223. The van der Waals surface area contributed by atoms with E-state index in [2.05, 4.69) is 20.6 Å². The molecule has 1 amide bonds. The largest absolute Gasteiger partial charge is 0.462 e. The second-order valence-electron chi connectivity index (χ2n) is 5.84. The van der Waals surface area contributed by atoms with E-state index in [0.29, 0.717) is 27.5 Å². The highest BCUT2D eigenvalue weighted by Gasteiger charge is 2.18. The number of hydrogen-bond donors (Lipinski definition) is 1. The molecule has 124 valence electrons. The summed E-state index contributed by atoms with van der Waals surface area (Å²) in [4.78, 5) is 12.4. The molecule has 8 heteroatoms. The van der Waals surface area contributed by atoms with Gasteiger partial charge in [-0.25, -0.2) is 0 Å². The summed E-state index contributed by atoms with van der Waals surface area (Å²) in [6.45, 7) is 0. The van der Waals surface area contributed by atoms with E-state index in [-0.39, 0.29) is 5.91 Å². The first kappa shape index (κ1) is 15.1. The van der Waals surface area contributed by atoms with Gasteiger partial charge in [0.1, 0.15) is 0 Å². The van der Waals surface area contributed by atoms with Gasteiger partial charge in [-0.2, -0.15) is 5.10 Å². The molecule has 3 aromatic rings. The smallest absolute Gasteiger partial charge is 0.260 e. The van der Waals surface area contributed by atoms with Crippen LogP contribution in [-0.2, 0) is 0 Å². The lowest BCUT2D eigenvalue weighted by Gasteiger charge is -2.21. The van der Waals surface area contributed by atoms with Gasteiger partial charge in [-0.05, 0) is 25.0 Å². The predicted molar refractivity (Wildman–Crippen MR) is 89.9 cm³/mol. The Morgan fingerprint density at radius 1 is 1.29 bits per heavy atom. The number of nitrogens with zero attached hydrogens (tertiary/aromatic N) is 4. The first-order valence-corrected chi connectivity index (χ1v) is 8.84. The van der Waals surface area contributed by atoms with E-state index in [1.807, 2.05) is 10.9 Å². The molecule has 0 saturated heterocycles. The number of hydrogen-bond acceptors (Lipinski definition) is 6. The topological polar surface area (TPSA) is 85.8 Å². The summed E-state index contributed by atoms with van der Waals surface area (Å²) in [5.74, 6) is 0.414. The van der Waals surface area contributed by atoms with E-state index in [9.17, 15) is 4.79 Å². The molecule has 0 spiro atoms. The molecule has 1 saturated carbocycles. The van der Waals surface area contributed by atoms with Gasteiger partial charge >= 0.3 is 0 Å². The van der Waals surface area contributed by atoms with Gasteiger partial charge in [0.2, 0.25) is 5.13 Å². The summed E-state index contributed by atoms with van der Waals surface area (Å²) in [5.41, 5.74) is 0.537. The molecule has 0 radical (unpaired) electrons. The van der Waals surface area contributed by atoms with Crippen molar-refractivity contribution in [3.8, 4) is 10.8 Å². The zero-order valence-electron chi connectivity index (χ0n) is 13.0. The molecule has 1 fully saturated rings. The van der Waals surface area contributed by atoms with E-state index in [4.69, 9.17) is 4.42 Å². The Morgan fingerprint density at radius 2 is 2.17 bits per heavy atom. The maximum absolute atomic E-state index is 12.4. The molecular formula is C16H17N5O2S. The number of carbonyl (C=O) groups is 1. The molecule has 0 atom stereocenters. The Labute approximate surface area is 142 Å². The second kappa shape index (κ2) is 6.56. The summed E-state index contributed by atoms with van der Waals surface area (Å²) in [6.07, 6.45) is 11.0. The van der Waals surface area contributed by atoms with Crippen LogP contribution in [0.15, 0.2) is 35.2 Å². The van der Waals surface area contributed by atoms with Gasteiger partial charge in [-0.15, -0.1) is 10.2 Å². The Bertz CT molecular complexity index is 817. The van der Waals surface area contributed by atoms with Gasteiger partial charge in [0, 0.05) is 6.20 Å². The Balaban J connectivity index is 1.44. The highest BCUT2D eigenvalue weighted by molar-refractivity contribution is 7.18. The Morgan fingerprint density at radius 3 is 2.96 bits per heavy atom. The third-order valence-corrected chi connectivity index (χ3v) is 5.04. The van der Waals surface area contributed by atoms with E-state index in [1.165, 1.54) is 30.6 Å². The van der Waals surface area contributed by atoms with Crippen LogP contribution >= 0.6 is 11.3 Å². The molecule has 0 unspecified atom stereocenters. The second-order valence-corrected chi connectivity index (χ2v) is 6.82. The number of rotatable bonds is 4. The molecule has 3 aromatic heterocycles. The van der Waals surface area contributed by atoms with Crippen LogP contribution in [0.5, 0.6) is 0 Å². The van der Waals surface area contributed by atoms with Crippen LogP contribution in [0.25, 0.3) is 10.8 Å². The normalized spacial score (nSPS) is 15.5. The lowest BCUT2D eigenvalue weighted by atomic mass is 9.96. The van der Waals surface area contributed by atoms with Crippen LogP contribution in [0.1, 0.15) is 48.5 Å². The van der Waals surface area contributed by atoms with Crippen molar-refractivity contribution in [2.45, 2.75) is 38.1 Å². The fourth-order valence-electron chi connectivity index (χ4n) is 2.94. The molecule has 24 heavy (non-hydrogen) atoms. The van der Waals surface area contributed by atoms with Crippen LogP contribution in [0.4, 0.5) is 5.13 Å². The molecule has 0 aromatic carbocycles. The van der Waals surface area contributed by atoms with Crippen molar-refractivity contribution in [2.24, 2.45) is 0 Å². The molecule has 0 bridgehead atoms. The standard InChI is InChI=1S/C16H17N5O2S/c22-14(11-9-17-21(10-11)12-5-2-1-3-6-12)18-16-20-19-15(24-16)13-7-4-8-23-13/h4,7-10,12H,1-3,5-6H2,(H,18,20,22). The van der Waals surface area contributed by atoms with Gasteiger partial charge < -0.3 is 4.42 Å². The third kappa shape index (κ3) is 3.09. The number of nitrogens with one attached hydrogen (secondary N) is 1. The minimum atomic E-state index is -0.223. The summed E-state index contributed by atoms with van der Waals surface area (Å²) in [5, 5.41) is 16.2. The summed E-state index contributed by atoms with van der Waals surface area (Å²) < 4.78 is 7.19. The van der Waals surface area contributed by atoms with E-state index < -0.39 is 0 Å². The number of anilines is 1. The number of aromatic nitrogens is 4. The first-order chi connectivity index (χ1) is 11.8. The van der Waals surface area contributed by atoms with Crippen molar-refractivity contribution in [3.05, 3.63) is 36.4 Å². The van der Waals surface area contributed by atoms with Crippen molar-refractivity contribution in [1.29, 1.82) is 0 Å². The van der Waals surface area contributed by atoms with Crippen molar-refractivity contribution in [2.75, 3.05) is 5.32 Å². The van der Waals surface area contributed by atoms with Crippen LogP contribution < -0.4 is 5.32 Å². The Hall–Kier alpha value is -2.48. The SMILES string of the molecule is O=C(Nc1nnc(-c2ccco2)s1)c1cnn(C2CCCCC2)c1. The quantitative estimate of drug-likeness (QED) is 0.779. The zero-order valence-corrected chi connectivity index (χ0v) is 13.8. The molecule has 4 rings (SSSR count). The average Bonchev–Trinajstić information content (AvgIpc) is 3.36. The molecule has 1 N–H and O–H groups in total. The summed E-state index contributed by atoms with van der Waals surface area (Å²) >= 11 is 1.27. The fourth-order valence-corrected chi connectivity index (χ4v) is 3.65. The average molecular weight is 343 g/mol. The monoisotopic (exact) mass is 343 g/mol. The van der Waals surface area contributed by atoms with Crippen molar-refractivity contribution < 1.29 is 9.21 Å². The van der Waals surface area contributed by atoms with Crippen LogP contribution in [0, 0.1) is 0 Å². The van der Waals surface area contributed by atoms with Gasteiger partial charge in [0.25, 0.3) is 5.91 Å². The number of amides is 1. The third-order valence-electron chi connectivity index (χ3n) is 4.19. The maximum atomic E-state index is 12.4. The molecule has 0 aliphatic heterocycles. The van der Waals surface area contributed by atoms with Crippen molar-refractivity contribution in [3.63, 3.8) is 0 Å². The first-order valence-electron chi connectivity index (χ1n) is 8.02. The molecule has 3 heterocycles. The maximum Gasteiger partial charge on any atom is 0.260 e. The number of carbonyl (C=O) groups excluding carboxylic acids is 1. The zero-order chi connectivity index (χ0) is 16.4. The highest BCUT2D eigenvalue weighted by atomic mass is 32.1. The lowest BCUT2D eigenvalue weighted by Crippen LogP contribution is -2.14. The van der Waals surface area contributed by atoms with Gasteiger partial charge in [-0.1, -0.05) is 30.6 Å². The van der Waals surface area contributed by atoms with E-state index >= 15 is 0 Å². The molecule has 1 aliphatic rings. The van der Waals surface area contributed by atoms with Crippen molar-refractivity contribution in [1.82, 2.24) is 20.0 Å². The van der Waals surface area contributed by atoms with Crippen molar-refractivity contribution >= 4 is 22.4 Å². The van der Waals surface area contributed by atoms with Crippen LogP contribution in [0.3, 0.4) is 0 Å². The summed E-state index contributed by atoms with van der Waals surface area (Å²) in [7, 11) is 0. The highest BCUT2D eigenvalue weighted by Crippen LogP contribution is 2.28. The molecule has 1 aliphatic carbocycles. The lowest BCUT2D eigenvalue weighted by molar-refractivity contribution is 0.102. The summed E-state index contributed by atoms with van der Waals surface area (Å²) in [6, 6.07) is 4.00. The van der Waals surface area contributed by atoms with Gasteiger partial charge in [0.15, 0.2) is 10.8 Å². The number of furan rings is 1. The molecule has 7 nitrogen and oxygen atoms in total. The fraction of sp³-hybridized carbons (Fsp3) is 0.375. The van der Waals surface area contributed by atoms with E-state index in [1.54, 1.807) is 24.6 Å². The Kier molecular flexibility index (Phi) is 4.12. The van der Waals surface area contributed by atoms with Gasteiger partial charge in [-0.3, -0.25) is 14.8 Å². The predicted octanol–water partition coefficient (Wildman–Crippen LogP) is 3.75. The molecular weight excluding hydrogens is 326 g/mol. The van der Waals surface area contributed by atoms with Crippen LogP contribution in [0.2, 0.25) is 0 Å². The van der Waals surface area contributed by atoms with E-state index in [0.717, 1.165) is 12.8 Å². The van der Waals surface area contributed by atoms with Gasteiger partial charge in [0.05, 0.1) is 24.1 Å².